The van der Waals surface area contributed by atoms with E-state index in [0.717, 1.165) is 23.1 Å². The smallest absolute Gasteiger partial charge is 0.303 e. The largest absolute Gasteiger partial charge is 0.481 e. The molecule has 0 unspecified atom stereocenters. The van der Waals surface area contributed by atoms with E-state index >= 15 is 0 Å². The predicted octanol–water partition coefficient (Wildman–Crippen LogP) is 2.54. The maximum atomic E-state index is 10.5. The Morgan fingerprint density at radius 1 is 1.35 bits per heavy atom. The van der Waals surface area contributed by atoms with E-state index in [1.54, 1.807) is 11.3 Å². The van der Waals surface area contributed by atoms with Crippen LogP contribution in [0.4, 0.5) is 5.13 Å². The van der Waals surface area contributed by atoms with Crippen molar-refractivity contribution in [3.8, 4) is 0 Å². The molecule has 1 fully saturated rings. The molecule has 0 spiro atoms. The van der Waals surface area contributed by atoms with Crippen LogP contribution < -0.4 is 4.90 Å². The van der Waals surface area contributed by atoms with Gasteiger partial charge in [-0.3, -0.25) is 4.79 Å². The van der Waals surface area contributed by atoms with Gasteiger partial charge in [0, 0.05) is 24.2 Å². The highest BCUT2D eigenvalue weighted by Crippen LogP contribution is 2.25. The summed E-state index contributed by atoms with van der Waals surface area (Å²) in [4.78, 5) is 18.3. The minimum Gasteiger partial charge on any atom is -0.481 e. The molecule has 1 aliphatic heterocycles. The van der Waals surface area contributed by atoms with Crippen LogP contribution in [0.2, 0.25) is 0 Å². The molecule has 0 atom stereocenters. The van der Waals surface area contributed by atoms with E-state index in [2.05, 4.69) is 9.88 Å². The van der Waals surface area contributed by atoms with Crippen LogP contribution in [0.3, 0.4) is 0 Å². The predicted molar refractivity (Wildman–Crippen MR) is 68.8 cm³/mol. The molecule has 1 N–H and O–H groups in total. The summed E-state index contributed by atoms with van der Waals surface area (Å²) in [6.07, 6.45) is 7.73. The van der Waals surface area contributed by atoms with Gasteiger partial charge in [0.2, 0.25) is 0 Å². The van der Waals surface area contributed by atoms with Crippen molar-refractivity contribution in [3.63, 3.8) is 0 Å². The molecule has 0 saturated carbocycles. The third-order valence-electron chi connectivity index (χ3n) is 3.00. The number of aryl methyl sites for hydroxylation is 1. The number of rotatable bonds is 4. The first-order valence-corrected chi connectivity index (χ1v) is 6.99. The maximum Gasteiger partial charge on any atom is 0.303 e. The average Bonchev–Trinajstić information content (AvgIpc) is 2.60. The number of nitrogens with zero attached hydrogens (tertiary/aromatic N) is 2. The molecular formula is C12H18N2O2S. The van der Waals surface area contributed by atoms with Gasteiger partial charge in [0.1, 0.15) is 0 Å². The summed E-state index contributed by atoms with van der Waals surface area (Å²) in [5.74, 6) is -0.741. The van der Waals surface area contributed by atoms with E-state index in [4.69, 9.17) is 5.11 Å². The fourth-order valence-electron chi connectivity index (χ4n) is 2.05. The highest BCUT2D eigenvalue weighted by Gasteiger charge is 2.13. The maximum absolute atomic E-state index is 10.5. The van der Waals surface area contributed by atoms with Gasteiger partial charge in [-0.25, -0.2) is 4.98 Å². The molecule has 1 aromatic heterocycles. The summed E-state index contributed by atoms with van der Waals surface area (Å²) >= 11 is 1.64. The third-order valence-corrected chi connectivity index (χ3v) is 4.12. The van der Waals surface area contributed by atoms with Gasteiger partial charge in [-0.2, -0.15) is 0 Å². The summed E-state index contributed by atoms with van der Waals surface area (Å²) < 4.78 is 0. The van der Waals surface area contributed by atoms with Gasteiger partial charge in [-0.05, 0) is 19.3 Å². The first-order valence-electron chi connectivity index (χ1n) is 6.17. The Morgan fingerprint density at radius 3 is 2.71 bits per heavy atom. The summed E-state index contributed by atoms with van der Waals surface area (Å²) in [5, 5.41) is 9.70. The zero-order valence-corrected chi connectivity index (χ0v) is 10.7. The van der Waals surface area contributed by atoms with Crippen molar-refractivity contribution < 1.29 is 9.90 Å². The van der Waals surface area contributed by atoms with E-state index in [9.17, 15) is 4.79 Å². The number of thiazole rings is 1. The molecule has 0 radical (unpaired) electrons. The Kier molecular flexibility index (Phi) is 4.36. The van der Waals surface area contributed by atoms with Gasteiger partial charge >= 0.3 is 5.97 Å². The highest BCUT2D eigenvalue weighted by atomic mass is 32.1. The zero-order chi connectivity index (χ0) is 12.1. The summed E-state index contributed by atoms with van der Waals surface area (Å²) in [6.45, 7) is 2.18. The summed E-state index contributed by atoms with van der Waals surface area (Å²) in [7, 11) is 0. The van der Waals surface area contributed by atoms with Crippen molar-refractivity contribution in [2.24, 2.45) is 0 Å². The molecule has 0 bridgehead atoms. The van der Waals surface area contributed by atoms with Crippen LogP contribution in [0.5, 0.6) is 0 Å². The molecule has 94 valence electrons. The van der Waals surface area contributed by atoms with Crippen LogP contribution in [0.25, 0.3) is 0 Å². The lowest BCUT2D eigenvalue weighted by atomic mass is 10.2. The van der Waals surface area contributed by atoms with Gasteiger partial charge in [-0.15, -0.1) is 11.3 Å². The minimum absolute atomic E-state index is 0.196. The molecule has 0 aromatic carbocycles. The van der Waals surface area contributed by atoms with Gasteiger partial charge in [0.25, 0.3) is 0 Å². The van der Waals surface area contributed by atoms with Crippen LogP contribution in [0.15, 0.2) is 6.20 Å². The van der Waals surface area contributed by atoms with Gasteiger partial charge in [-0.1, -0.05) is 12.8 Å². The fourth-order valence-corrected chi connectivity index (χ4v) is 3.01. The fraction of sp³-hybridized carbons (Fsp3) is 0.667. The first-order chi connectivity index (χ1) is 8.25. The van der Waals surface area contributed by atoms with E-state index < -0.39 is 5.97 Å². The molecule has 1 aliphatic rings. The standard InChI is InChI=1S/C12H18N2O2S/c15-11(16)6-5-10-9-13-12(17-10)14-7-3-1-2-4-8-14/h9H,1-8H2,(H,15,16). The second kappa shape index (κ2) is 6.00. The van der Waals surface area contributed by atoms with Gasteiger partial charge < -0.3 is 10.0 Å². The van der Waals surface area contributed by atoms with Crippen LogP contribution in [-0.4, -0.2) is 29.1 Å². The number of aliphatic carboxylic acids is 1. The lowest BCUT2D eigenvalue weighted by Crippen LogP contribution is -2.23. The topological polar surface area (TPSA) is 53.4 Å². The summed E-state index contributed by atoms with van der Waals surface area (Å²) in [5.41, 5.74) is 0. The highest BCUT2D eigenvalue weighted by molar-refractivity contribution is 7.15. The van der Waals surface area contributed by atoms with Crippen molar-refractivity contribution in [1.82, 2.24) is 4.98 Å². The Balaban J connectivity index is 1.94. The monoisotopic (exact) mass is 254 g/mol. The van der Waals surface area contributed by atoms with E-state index in [1.165, 1.54) is 25.7 Å². The Hall–Kier alpha value is -1.10. The molecule has 1 aromatic rings. The van der Waals surface area contributed by atoms with Crippen LogP contribution in [0, 0.1) is 0 Å². The number of anilines is 1. The van der Waals surface area contributed by atoms with Crippen molar-refractivity contribution in [2.75, 3.05) is 18.0 Å². The summed E-state index contributed by atoms with van der Waals surface area (Å²) in [6, 6.07) is 0. The quantitative estimate of drug-likeness (QED) is 0.897. The molecule has 17 heavy (non-hydrogen) atoms. The van der Waals surface area contributed by atoms with Gasteiger partial charge in [0.05, 0.1) is 6.42 Å². The Bertz CT molecular complexity index is 370. The molecule has 2 heterocycles. The number of hydrogen-bond acceptors (Lipinski definition) is 4. The average molecular weight is 254 g/mol. The van der Waals surface area contributed by atoms with Crippen LogP contribution >= 0.6 is 11.3 Å². The van der Waals surface area contributed by atoms with E-state index in [-0.39, 0.29) is 6.42 Å². The lowest BCUT2D eigenvalue weighted by molar-refractivity contribution is -0.136. The molecule has 2 rings (SSSR count). The second-order valence-corrected chi connectivity index (χ2v) is 5.50. The number of carboxylic acids is 1. The molecule has 5 heteroatoms. The second-order valence-electron chi connectivity index (χ2n) is 4.40. The number of aromatic nitrogens is 1. The van der Waals surface area contributed by atoms with Crippen molar-refractivity contribution in [2.45, 2.75) is 38.5 Å². The Morgan fingerprint density at radius 2 is 2.06 bits per heavy atom. The third kappa shape index (κ3) is 3.70. The van der Waals surface area contributed by atoms with E-state index in [0.29, 0.717) is 6.42 Å². The van der Waals surface area contributed by atoms with Gasteiger partial charge in [0.15, 0.2) is 5.13 Å². The Labute approximate surface area is 105 Å². The van der Waals surface area contributed by atoms with Crippen molar-refractivity contribution >= 4 is 22.4 Å². The molecule has 0 amide bonds. The number of hydrogen-bond donors (Lipinski definition) is 1. The zero-order valence-electron chi connectivity index (χ0n) is 9.89. The van der Waals surface area contributed by atoms with Crippen LogP contribution in [-0.2, 0) is 11.2 Å². The first kappa shape index (κ1) is 12.4. The molecule has 1 saturated heterocycles. The van der Waals surface area contributed by atoms with Crippen molar-refractivity contribution in [3.05, 3.63) is 11.1 Å². The molecule has 0 aliphatic carbocycles. The molecular weight excluding hydrogens is 236 g/mol. The SMILES string of the molecule is O=C(O)CCc1cnc(N2CCCCCC2)s1. The van der Waals surface area contributed by atoms with E-state index in [1.807, 2.05) is 6.20 Å². The number of carbonyl (C=O) groups is 1. The van der Waals surface area contributed by atoms with Crippen molar-refractivity contribution in [1.29, 1.82) is 0 Å². The number of carboxylic acid groups (broad SMARTS) is 1. The van der Waals surface area contributed by atoms with Crippen LogP contribution in [0.1, 0.15) is 37.0 Å². The lowest BCUT2D eigenvalue weighted by Gasteiger charge is -2.18. The molecule has 4 nitrogen and oxygen atoms in total. The minimum atomic E-state index is -0.741. The normalized spacial score (nSPS) is 16.8.